The molecule has 4 heteroatoms. The van der Waals surface area contributed by atoms with Gasteiger partial charge in [-0.05, 0) is 32.4 Å². The minimum absolute atomic E-state index is 0. The predicted octanol–water partition coefficient (Wildman–Crippen LogP) is 1.96. The average Bonchev–Trinajstić information content (AvgIpc) is 2.39. The van der Waals surface area contributed by atoms with E-state index in [1.165, 1.54) is 65.0 Å². The van der Waals surface area contributed by atoms with E-state index in [9.17, 15) is 4.79 Å². The van der Waals surface area contributed by atoms with E-state index in [-0.39, 0.29) is 7.33 Å². The van der Waals surface area contributed by atoms with Crippen molar-refractivity contribution >= 4 is 5.91 Å². The first-order valence-corrected chi connectivity index (χ1v) is 7.91. The van der Waals surface area contributed by atoms with E-state index in [2.05, 4.69) is 22.0 Å². The summed E-state index contributed by atoms with van der Waals surface area (Å²) in [5.74, 6) is 0.0879. The smallest absolute Gasteiger partial charge is 0.216 e. The van der Waals surface area contributed by atoms with Gasteiger partial charge >= 0.3 is 0 Å². The van der Waals surface area contributed by atoms with Crippen LogP contribution in [0.2, 0.25) is 0 Å². The molecule has 1 N–H and O–H groups in total. The first-order chi connectivity index (χ1) is 9.22. The van der Waals surface area contributed by atoms with E-state index in [0.717, 1.165) is 13.0 Å². The van der Waals surface area contributed by atoms with Gasteiger partial charge in [0, 0.05) is 41.1 Å². The molecule has 0 saturated carbocycles. The van der Waals surface area contributed by atoms with Gasteiger partial charge in [-0.15, -0.1) is 0 Å². The van der Waals surface area contributed by atoms with E-state index >= 15 is 0 Å². The fraction of sp³-hybridized carbons (Fsp3) is 0.933. The SMILES string of the molecule is CCCN1CCN(CCCCCCNC(C)=O)CC1.[HH]. The average molecular weight is 271 g/mol. The summed E-state index contributed by atoms with van der Waals surface area (Å²) in [5.41, 5.74) is 0. The van der Waals surface area contributed by atoms with Gasteiger partial charge in [-0.1, -0.05) is 19.8 Å². The number of carbonyl (C=O) groups is 1. The van der Waals surface area contributed by atoms with Crippen LogP contribution in [0.15, 0.2) is 0 Å². The number of hydrogen-bond donors (Lipinski definition) is 1. The monoisotopic (exact) mass is 271 g/mol. The van der Waals surface area contributed by atoms with Gasteiger partial charge in [0.25, 0.3) is 0 Å². The third-order valence-corrected chi connectivity index (χ3v) is 3.78. The molecule has 19 heavy (non-hydrogen) atoms. The van der Waals surface area contributed by atoms with Gasteiger partial charge in [0.2, 0.25) is 5.91 Å². The molecule has 0 aliphatic carbocycles. The molecule has 1 fully saturated rings. The van der Waals surface area contributed by atoms with Crippen molar-refractivity contribution in [1.29, 1.82) is 0 Å². The largest absolute Gasteiger partial charge is 0.356 e. The van der Waals surface area contributed by atoms with Crippen LogP contribution >= 0.6 is 0 Å². The van der Waals surface area contributed by atoms with Gasteiger partial charge in [-0.25, -0.2) is 0 Å². The second-order valence-corrected chi connectivity index (χ2v) is 5.58. The molecule has 1 rings (SSSR count). The van der Waals surface area contributed by atoms with Crippen molar-refractivity contribution in [2.24, 2.45) is 0 Å². The molecule has 0 spiro atoms. The lowest BCUT2D eigenvalue weighted by atomic mass is 10.1. The third-order valence-electron chi connectivity index (χ3n) is 3.78. The maximum absolute atomic E-state index is 10.7. The van der Waals surface area contributed by atoms with Crippen LogP contribution in [-0.2, 0) is 4.79 Å². The first kappa shape index (κ1) is 16.4. The summed E-state index contributed by atoms with van der Waals surface area (Å²) in [5, 5.41) is 2.85. The fourth-order valence-electron chi connectivity index (χ4n) is 2.63. The number of unbranched alkanes of at least 4 members (excludes halogenated alkanes) is 3. The maximum atomic E-state index is 10.7. The number of carbonyl (C=O) groups excluding carboxylic acids is 1. The maximum Gasteiger partial charge on any atom is 0.216 e. The molecule has 0 aromatic heterocycles. The lowest BCUT2D eigenvalue weighted by Crippen LogP contribution is -2.46. The Morgan fingerprint density at radius 2 is 1.58 bits per heavy atom. The normalized spacial score (nSPS) is 17.6. The zero-order valence-corrected chi connectivity index (χ0v) is 12.8. The Hall–Kier alpha value is -0.610. The number of nitrogens with zero attached hydrogens (tertiary/aromatic N) is 2. The van der Waals surface area contributed by atoms with E-state index in [0.29, 0.717) is 0 Å². The molecular formula is C15H33N3O. The Bertz CT molecular complexity index is 243. The van der Waals surface area contributed by atoms with E-state index in [1.54, 1.807) is 6.92 Å². The van der Waals surface area contributed by atoms with Crippen LogP contribution in [0.25, 0.3) is 0 Å². The highest BCUT2D eigenvalue weighted by atomic mass is 16.1. The number of amides is 1. The van der Waals surface area contributed by atoms with Crippen molar-refractivity contribution in [3.05, 3.63) is 0 Å². The van der Waals surface area contributed by atoms with Crippen LogP contribution in [0.4, 0.5) is 0 Å². The molecule has 1 heterocycles. The van der Waals surface area contributed by atoms with Crippen LogP contribution in [0.1, 0.15) is 47.4 Å². The van der Waals surface area contributed by atoms with Crippen molar-refractivity contribution in [3.8, 4) is 0 Å². The molecule has 1 amide bonds. The van der Waals surface area contributed by atoms with Crippen molar-refractivity contribution in [1.82, 2.24) is 15.1 Å². The van der Waals surface area contributed by atoms with Crippen LogP contribution < -0.4 is 5.32 Å². The summed E-state index contributed by atoms with van der Waals surface area (Å²) in [4.78, 5) is 15.9. The minimum Gasteiger partial charge on any atom is -0.356 e. The Morgan fingerprint density at radius 3 is 2.16 bits per heavy atom. The quantitative estimate of drug-likeness (QED) is 0.651. The molecule has 0 aromatic rings. The van der Waals surface area contributed by atoms with Crippen LogP contribution in [0.3, 0.4) is 0 Å². The lowest BCUT2D eigenvalue weighted by molar-refractivity contribution is -0.118. The van der Waals surface area contributed by atoms with Gasteiger partial charge in [-0.3, -0.25) is 4.79 Å². The van der Waals surface area contributed by atoms with Crippen LogP contribution in [0.5, 0.6) is 0 Å². The zero-order valence-electron chi connectivity index (χ0n) is 12.8. The topological polar surface area (TPSA) is 35.6 Å². The summed E-state index contributed by atoms with van der Waals surface area (Å²) in [6.45, 7) is 12.2. The summed E-state index contributed by atoms with van der Waals surface area (Å²) in [6, 6.07) is 0. The molecule has 0 atom stereocenters. The molecule has 1 saturated heterocycles. The van der Waals surface area contributed by atoms with Gasteiger partial charge in [-0.2, -0.15) is 0 Å². The highest BCUT2D eigenvalue weighted by Gasteiger charge is 2.14. The predicted molar refractivity (Wildman–Crippen MR) is 82.4 cm³/mol. The summed E-state index contributed by atoms with van der Waals surface area (Å²) in [7, 11) is 0. The summed E-state index contributed by atoms with van der Waals surface area (Å²) >= 11 is 0. The van der Waals surface area contributed by atoms with Crippen molar-refractivity contribution in [3.63, 3.8) is 0 Å². The number of rotatable bonds is 9. The van der Waals surface area contributed by atoms with E-state index in [1.807, 2.05) is 0 Å². The molecular weight excluding hydrogens is 238 g/mol. The summed E-state index contributed by atoms with van der Waals surface area (Å²) < 4.78 is 0. The lowest BCUT2D eigenvalue weighted by Gasteiger charge is -2.34. The van der Waals surface area contributed by atoms with Gasteiger partial charge in [0.1, 0.15) is 0 Å². The molecule has 1 aliphatic heterocycles. The molecule has 114 valence electrons. The summed E-state index contributed by atoms with van der Waals surface area (Å²) in [6.07, 6.45) is 6.21. The highest BCUT2D eigenvalue weighted by Crippen LogP contribution is 2.06. The van der Waals surface area contributed by atoms with Gasteiger partial charge in [0.05, 0.1) is 0 Å². The Kier molecular flexibility index (Phi) is 8.84. The van der Waals surface area contributed by atoms with Gasteiger partial charge in [0.15, 0.2) is 0 Å². The first-order valence-electron chi connectivity index (χ1n) is 7.91. The van der Waals surface area contributed by atoms with E-state index < -0.39 is 0 Å². The van der Waals surface area contributed by atoms with Crippen molar-refractivity contribution in [2.75, 3.05) is 45.8 Å². The Morgan fingerprint density at radius 1 is 1.00 bits per heavy atom. The molecule has 0 radical (unpaired) electrons. The Labute approximate surface area is 120 Å². The van der Waals surface area contributed by atoms with E-state index in [4.69, 9.17) is 0 Å². The Balaban J connectivity index is 0.00000361. The van der Waals surface area contributed by atoms with Crippen molar-refractivity contribution < 1.29 is 6.22 Å². The molecule has 1 aliphatic rings. The second-order valence-electron chi connectivity index (χ2n) is 5.58. The second kappa shape index (κ2) is 10.2. The number of hydrogen-bond acceptors (Lipinski definition) is 3. The zero-order chi connectivity index (χ0) is 13.9. The minimum atomic E-state index is 0. The fourth-order valence-corrected chi connectivity index (χ4v) is 2.63. The van der Waals surface area contributed by atoms with Crippen LogP contribution in [0, 0.1) is 0 Å². The molecule has 0 unspecified atom stereocenters. The van der Waals surface area contributed by atoms with Crippen molar-refractivity contribution in [2.45, 2.75) is 46.0 Å². The molecule has 4 nitrogen and oxygen atoms in total. The third kappa shape index (κ3) is 8.22. The number of nitrogens with one attached hydrogen (secondary N) is 1. The molecule has 0 bridgehead atoms. The molecule has 0 aromatic carbocycles. The van der Waals surface area contributed by atoms with Gasteiger partial charge < -0.3 is 15.1 Å². The standard InChI is InChI=1S/C15H31N3O.H2/c1-3-9-17-11-13-18(14-12-17)10-7-5-4-6-8-16-15(2)19;/h3-14H2,1-2H3,(H,16,19);1H. The van der Waals surface area contributed by atoms with Crippen LogP contribution in [-0.4, -0.2) is 61.5 Å². The number of piperazine rings is 1. The highest BCUT2D eigenvalue weighted by molar-refractivity contribution is 5.72.